The number of carboxylic acids is 1. The van der Waals surface area contributed by atoms with Gasteiger partial charge in [0.15, 0.2) is 0 Å². The molecule has 0 aromatic carbocycles. The van der Waals surface area contributed by atoms with Gasteiger partial charge in [-0.15, -0.1) is 10.2 Å². The average molecular weight is 284 g/mol. The number of aromatic nitrogens is 2. The molecule has 0 unspecified atom stereocenters. The lowest BCUT2D eigenvalue weighted by Crippen LogP contribution is -2.44. The molecule has 0 aliphatic heterocycles. The molecule has 8 heteroatoms. The second-order valence-electron chi connectivity index (χ2n) is 4.52. The van der Waals surface area contributed by atoms with E-state index in [1.807, 2.05) is 0 Å². The van der Waals surface area contributed by atoms with E-state index in [1.165, 1.54) is 16.2 Å². The number of nitrogens with zero attached hydrogens (tertiary/aromatic N) is 3. The Kier molecular flexibility index (Phi) is 4.31. The summed E-state index contributed by atoms with van der Waals surface area (Å²) in [5, 5.41) is 20.3. The van der Waals surface area contributed by atoms with Gasteiger partial charge in [-0.25, -0.2) is 4.79 Å². The first-order chi connectivity index (χ1) is 9.06. The summed E-state index contributed by atoms with van der Waals surface area (Å²) in [5.41, 5.74) is 0. The van der Waals surface area contributed by atoms with E-state index in [4.69, 9.17) is 5.11 Å². The molecule has 104 valence electrons. The van der Waals surface area contributed by atoms with Crippen molar-refractivity contribution in [2.75, 3.05) is 11.9 Å². The first-order valence-corrected chi connectivity index (χ1v) is 6.97. The number of urea groups is 1. The van der Waals surface area contributed by atoms with Gasteiger partial charge in [0.2, 0.25) is 5.13 Å². The summed E-state index contributed by atoms with van der Waals surface area (Å²) in [6.07, 6.45) is 3.78. The Morgan fingerprint density at radius 2 is 2.11 bits per heavy atom. The molecule has 0 spiro atoms. The van der Waals surface area contributed by atoms with Crippen LogP contribution in [0.2, 0.25) is 0 Å². The van der Waals surface area contributed by atoms with Crippen molar-refractivity contribution >= 4 is 28.5 Å². The van der Waals surface area contributed by atoms with E-state index in [0.717, 1.165) is 30.7 Å². The predicted molar refractivity (Wildman–Crippen MR) is 70.3 cm³/mol. The number of carboxylic acid groups (broad SMARTS) is 1. The fourth-order valence-electron chi connectivity index (χ4n) is 2.24. The maximum Gasteiger partial charge on any atom is 0.324 e. The summed E-state index contributed by atoms with van der Waals surface area (Å²) in [6.45, 7) is 1.51. The van der Waals surface area contributed by atoms with Crippen molar-refractivity contribution in [3.63, 3.8) is 0 Å². The van der Waals surface area contributed by atoms with Crippen molar-refractivity contribution in [3.05, 3.63) is 5.01 Å². The number of anilines is 1. The molecule has 2 rings (SSSR count). The molecule has 1 aromatic heterocycles. The molecular formula is C11H16N4O3S. The van der Waals surface area contributed by atoms with Crippen LogP contribution in [0.4, 0.5) is 9.93 Å². The molecule has 1 aliphatic carbocycles. The number of aliphatic carboxylic acids is 1. The molecule has 1 aliphatic rings. The van der Waals surface area contributed by atoms with Crippen LogP contribution in [0.5, 0.6) is 0 Å². The largest absolute Gasteiger partial charge is 0.480 e. The SMILES string of the molecule is Cc1nnc(NC(=O)N(CC(=O)O)C2CCCC2)s1. The topological polar surface area (TPSA) is 95.4 Å². The van der Waals surface area contributed by atoms with Gasteiger partial charge in [-0.05, 0) is 19.8 Å². The Labute approximate surface area is 114 Å². The van der Waals surface area contributed by atoms with Gasteiger partial charge < -0.3 is 10.0 Å². The molecule has 0 radical (unpaired) electrons. The summed E-state index contributed by atoms with van der Waals surface area (Å²) in [6, 6.07) is -0.407. The van der Waals surface area contributed by atoms with Crippen LogP contribution in [0.15, 0.2) is 0 Å². The molecule has 1 saturated carbocycles. The zero-order valence-corrected chi connectivity index (χ0v) is 11.4. The number of amides is 2. The van der Waals surface area contributed by atoms with Crippen molar-refractivity contribution in [1.82, 2.24) is 15.1 Å². The summed E-state index contributed by atoms with van der Waals surface area (Å²) in [7, 11) is 0. The average Bonchev–Trinajstić information content (AvgIpc) is 2.97. The van der Waals surface area contributed by atoms with Gasteiger partial charge in [-0.1, -0.05) is 24.2 Å². The van der Waals surface area contributed by atoms with E-state index in [2.05, 4.69) is 15.5 Å². The molecule has 2 N–H and O–H groups in total. The minimum Gasteiger partial charge on any atom is -0.480 e. The lowest BCUT2D eigenvalue weighted by atomic mass is 10.2. The second kappa shape index (κ2) is 5.96. The fourth-order valence-corrected chi connectivity index (χ4v) is 2.82. The number of aryl methyl sites for hydroxylation is 1. The Balaban J connectivity index is 2.04. The minimum absolute atomic E-state index is 0.00474. The van der Waals surface area contributed by atoms with E-state index in [1.54, 1.807) is 6.92 Å². The molecule has 1 aromatic rings. The van der Waals surface area contributed by atoms with E-state index >= 15 is 0 Å². The van der Waals surface area contributed by atoms with Gasteiger partial charge in [0.1, 0.15) is 11.6 Å². The molecule has 0 saturated heterocycles. The Morgan fingerprint density at radius 3 is 2.63 bits per heavy atom. The van der Waals surface area contributed by atoms with Crippen LogP contribution in [0.1, 0.15) is 30.7 Å². The van der Waals surface area contributed by atoms with Crippen molar-refractivity contribution in [1.29, 1.82) is 0 Å². The Hall–Kier alpha value is -1.70. The van der Waals surface area contributed by atoms with E-state index in [-0.39, 0.29) is 12.6 Å². The van der Waals surface area contributed by atoms with Crippen molar-refractivity contribution in [2.45, 2.75) is 38.6 Å². The molecular weight excluding hydrogens is 268 g/mol. The molecule has 1 heterocycles. The van der Waals surface area contributed by atoms with E-state index in [9.17, 15) is 9.59 Å². The smallest absolute Gasteiger partial charge is 0.324 e. The van der Waals surface area contributed by atoms with Crippen LogP contribution < -0.4 is 5.32 Å². The van der Waals surface area contributed by atoms with Crippen molar-refractivity contribution in [3.8, 4) is 0 Å². The van der Waals surface area contributed by atoms with Gasteiger partial charge in [0.05, 0.1) is 0 Å². The molecule has 2 amide bonds. The second-order valence-corrected chi connectivity index (χ2v) is 5.70. The summed E-state index contributed by atoms with van der Waals surface area (Å²) in [5.74, 6) is -1.00. The van der Waals surface area contributed by atoms with Gasteiger partial charge >= 0.3 is 12.0 Å². The first-order valence-electron chi connectivity index (χ1n) is 6.16. The Bertz CT molecular complexity index is 470. The maximum absolute atomic E-state index is 12.1. The highest BCUT2D eigenvalue weighted by atomic mass is 32.1. The number of nitrogens with one attached hydrogen (secondary N) is 1. The number of carbonyl (C=O) groups excluding carboxylic acids is 1. The van der Waals surface area contributed by atoms with Crippen LogP contribution in [0.25, 0.3) is 0 Å². The predicted octanol–water partition coefficient (Wildman–Crippen LogP) is 1.71. The lowest BCUT2D eigenvalue weighted by molar-refractivity contribution is -0.138. The lowest BCUT2D eigenvalue weighted by Gasteiger charge is -2.26. The normalized spacial score (nSPS) is 15.4. The zero-order valence-electron chi connectivity index (χ0n) is 10.6. The van der Waals surface area contributed by atoms with Crippen molar-refractivity contribution in [2.24, 2.45) is 0 Å². The third kappa shape index (κ3) is 3.63. The Morgan fingerprint density at radius 1 is 1.42 bits per heavy atom. The third-order valence-corrected chi connectivity index (χ3v) is 3.83. The van der Waals surface area contributed by atoms with Gasteiger partial charge in [-0.2, -0.15) is 0 Å². The van der Waals surface area contributed by atoms with E-state index in [0.29, 0.717) is 5.13 Å². The number of hydrogen-bond donors (Lipinski definition) is 2. The number of hydrogen-bond acceptors (Lipinski definition) is 5. The van der Waals surface area contributed by atoms with E-state index < -0.39 is 12.0 Å². The standard InChI is InChI=1S/C11H16N4O3S/c1-7-13-14-10(19-7)12-11(18)15(6-9(16)17)8-4-2-3-5-8/h8H,2-6H2,1H3,(H,16,17)(H,12,14,18). The van der Waals surface area contributed by atoms with Crippen LogP contribution in [-0.4, -0.2) is 44.8 Å². The number of rotatable bonds is 4. The molecule has 19 heavy (non-hydrogen) atoms. The fraction of sp³-hybridized carbons (Fsp3) is 0.636. The number of carbonyl (C=O) groups is 2. The molecule has 0 atom stereocenters. The highest BCUT2D eigenvalue weighted by molar-refractivity contribution is 7.15. The van der Waals surface area contributed by atoms with Crippen LogP contribution in [-0.2, 0) is 4.79 Å². The van der Waals surface area contributed by atoms with Gasteiger partial charge in [0.25, 0.3) is 0 Å². The highest BCUT2D eigenvalue weighted by Crippen LogP contribution is 2.24. The van der Waals surface area contributed by atoms with Crippen LogP contribution >= 0.6 is 11.3 Å². The monoisotopic (exact) mass is 284 g/mol. The summed E-state index contributed by atoms with van der Waals surface area (Å²) < 4.78 is 0. The minimum atomic E-state index is -1.00. The summed E-state index contributed by atoms with van der Waals surface area (Å²) in [4.78, 5) is 24.4. The van der Waals surface area contributed by atoms with Crippen LogP contribution in [0, 0.1) is 6.92 Å². The van der Waals surface area contributed by atoms with Gasteiger partial charge in [0, 0.05) is 6.04 Å². The molecule has 1 fully saturated rings. The third-order valence-electron chi connectivity index (χ3n) is 3.07. The quantitative estimate of drug-likeness (QED) is 0.877. The highest BCUT2D eigenvalue weighted by Gasteiger charge is 2.28. The maximum atomic E-state index is 12.1. The summed E-state index contributed by atoms with van der Waals surface area (Å²) >= 11 is 1.27. The zero-order chi connectivity index (χ0) is 13.8. The van der Waals surface area contributed by atoms with Crippen LogP contribution in [0.3, 0.4) is 0 Å². The van der Waals surface area contributed by atoms with Crippen molar-refractivity contribution < 1.29 is 14.7 Å². The first kappa shape index (κ1) is 13.7. The molecule has 7 nitrogen and oxygen atoms in total. The molecule has 0 bridgehead atoms. The van der Waals surface area contributed by atoms with Gasteiger partial charge in [-0.3, -0.25) is 10.1 Å².